The molecule has 1 aliphatic rings. The Kier molecular flexibility index (Phi) is 5.02. The van der Waals surface area contributed by atoms with Gasteiger partial charge in [-0.05, 0) is 49.2 Å². The summed E-state index contributed by atoms with van der Waals surface area (Å²) in [5.74, 6) is -0.668. The molecular formula is C19H18Cl2N2O2. The summed E-state index contributed by atoms with van der Waals surface area (Å²) in [4.78, 5) is 26.6. The Labute approximate surface area is 156 Å². The molecule has 0 radical (unpaired) electrons. The van der Waals surface area contributed by atoms with Crippen LogP contribution in [0.25, 0.3) is 0 Å². The number of hydrogen-bond donors (Lipinski definition) is 1. The zero-order valence-electron chi connectivity index (χ0n) is 14.0. The Morgan fingerprint density at radius 1 is 1.08 bits per heavy atom. The molecule has 0 aromatic heterocycles. The van der Waals surface area contributed by atoms with Crippen molar-refractivity contribution in [1.29, 1.82) is 0 Å². The minimum absolute atomic E-state index is 0.0756. The van der Waals surface area contributed by atoms with Crippen LogP contribution in [0.1, 0.15) is 17.5 Å². The highest BCUT2D eigenvalue weighted by Gasteiger charge is 2.36. The summed E-state index contributed by atoms with van der Waals surface area (Å²) in [6.45, 7) is 4.05. The van der Waals surface area contributed by atoms with Crippen LogP contribution in [-0.4, -0.2) is 18.4 Å². The fraction of sp³-hybridized carbons (Fsp3) is 0.263. The van der Waals surface area contributed by atoms with E-state index in [9.17, 15) is 9.59 Å². The third-order valence-corrected chi connectivity index (χ3v) is 5.37. The van der Waals surface area contributed by atoms with Crippen molar-refractivity contribution in [3.8, 4) is 0 Å². The highest BCUT2D eigenvalue weighted by atomic mass is 35.5. The lowest BCUT2D eigenvalue weighted by Crippen LogP contribution is -2.28. The molecular weight excluding hydrogens is 359 g/mol. The number of halogens is 2. The summed E-state index contributed by atoms with van der Waals surface area (Å²) in [6.07, 6.45) is 0.178. The first-order chi connectivity index (χ1) is 11.9. The quantitative estimate of drug-likeness (QED) is 0.850. The summed E-state index contributed by atoms with van der Waals surface area (Å²) >= 11 is 12.2. The van der Waals surface area contributed by atoms with Gasteiger partial charge in [0.1, 0.15) is 0 Å². The fourth-order valence-corrected chi connectivity index (χ4v) is 3.33. The van der Waals surface area contributed by atoms with Crippen LogP contribution < -0.4 is 10.2 Å². The third-order valence-electron chi connectivity index (χ3n) is 4.55. The minimum atomic E-state index is -0.413. The molecule has 0 bridgehead atoms. The number of anilines is 2. The van der Waals surface area contributed by atoms with Crippen LogP contribution in [0.3, 0.4) is 0 Å². The topological polar surface area (TPSA) is 49.4 Å². The van der Waals surface area contributed by atoms with Gasteiger partial charge in [0.15, 0.2) is 0 Å². The lowest BCUT2D eigenvalue weighted by Gasteiger charge is -2.20. The maximum atomic E-state index is 12.6. The number of hydrogen-bond acceptors (Lipinski definition) is 2. The van der Waals surface area contributed by atoms with Gasteiger partial charge >= 0.3 is 0 Å². The first-order valence-electron chi connectivity index (χ1n) is 8.00. The maximum Gasteiger partial charge on any atom is 0.229 e. The van der Waals surface area contributed by atoms with E-state index in [4.69, 9.17) is 23.2 Å². The van der Waals surface area contributed by atoms with Crippen molar-refractivity contribution in [2.45, 2.75) is 20.3 Å². The van der Waals surface area contributed by atoms with Gasteiger partial charge in [0.2, 0.25) is 11.8 Å². The molecule has 0 saturated carbocycles. The van der Waals surface area contributed by atoms with E-state index in [1.807, 2.05) is 19.9 Å². The number of carbonyl (C=O) groups excluding carboxylic acids is 2. The molecule has 0 aliphatic carbocycles. The maximum absolute atomic E-state index is 12.6. The van der Waals surface area contributed by atoms with E-state index >= 15 is 0 Å². The monoisotopic (exact) mass is 376 g/mol. The van der Waals surface area contributed by atoms with Crippen LogP contribution in [0, 0.1) is 19.8 Å². The smallest absolute Gasteiger partial charge is 0.229 e. The fourth-order valence-electron chi connectivity index (χ4n) is 2.98. The highest BCUT2D eigenvalue weighted by Crippen LogP contribution is 2.32. The second kappa shape index (κ2) is 7.06. The molecule has 1 heterocycles. The highest BCUT2D eigenvalue weighted by molar-refractivity contribution is 6.32. The van der Waals surface area contributed by atoms with Crippen LogP contribution in [0.4, 0.5) is 11.4 Å². The van der Waals surface area contributed by atoms with Crippen molar-refractivity contribution in [2.75, 3.05) is 16.8 Å². The lowest BCUT2D eigenvalue weighted by molar-refractivity contribution is -0.122. The van der Waals surface area contributed by atoms with Crippen molar-refractivity contribution in [3.63, 3.8) is 0 Å². The van der Waals surface area contributed by atoms with E-state index in [2.05, 4.69) is 5.32 Å². The normalized spacial score (nSPS) is 17.0. The van der Waals surface area contributed by atoms with E-state index < -0.39 is 5.92 Å². The molecule has 1 fully saturated rings. The minimum Gasteiger partial charge on any atom is -0.325 e. The number of nitrogens with one attached hydrogen (secondary N) is 1. The molecule has 130 valence electrons. The Balaban J connectivity index is 1.77. The number of carbonyl (C=O) groups is 2. The van der Waals surface area contributed by atoms with Gasteiger partial charge in [0.25, 0.3) is 0 Å². The number of rotatable bonds is 3. The molecule has 3 rings (SSSR count). The van der Waals surface area contributed by atoms with E-state index in [0.29, 0.717) is 22.3 Å². The molecule has 1 saturated heterocycles. The largest absolute Gasteiger partial charge is 0.325 e. The van der Waals surface area contributed by atoms with Gasteiger partial charge in [0, 0.05) is 34.4 Å². The summed E-state index contributed by atoms with van der Waals surface area (Å²) in [5.41, 5.74) is 3.07. The lowest BCUT2D eigenvalue weighted by atomic mass is 10.1. The van der Waals surface area contributed by atoms with Gasteiger partial charge in [-0.25, -0.2) is 0 Å². The molecule has 1 aliphatic heterocycles. The summed E-state index contributed by atoms with van der Waals surface area (Å²) in [5, 5.41) is 4.08. The van der Waals surface area contributed by atoms with Crippen LogP contribution >= 0.6 is 23.2 Å². The first-order valence-corrected chi connectivity index (χ1v) is 8.75. The van der Waals surface area contributed by atoms with Crippen LogP contribution in [0.5, 0.6) is 0 Å². The summed E-state index contributed by atoms with van der Waals surface area (Å²) in [6, 6.07) is 10.8. The van der Waals surface area contributed by atoms with Gasteiger partial charge in [-0.15, -0.1) is 0 Å². The molecule has 1 N–H and O–H groups in total. The predicted octanol–water partition coefficient (Wildman–Crippen LogP) is 4.60. The van der Waals surface area contributed by atoms with Crippen LogP contribution in [0.15, 0.2) is 36.4 Å². The average Bonchev–Trinajstić information content (AvgIpc) is 2.96. The summed E-state index contributed by atoms with van der Waals surface area (Å²) < 4.78 is 0. The van der Waals surface area contributed by atoms with Crippen LogP contribution in [0.2, 0.25) is 10.0 Å². The number of nitrogens with zero attached hydrogens (tertiary/aromatic N) is 1. The van der Waals surface area contributed by atoms with Crippen molar-refractivity contribution in [2.24, 2.45) is 5.92 Å². The third kappa shape index (κ3) is 3.51. The molecule has 4 nitrogen and oxygen atoms in total. The Morgan fingerprint density at radius 2 is 1.72 bits per heavy atom. The number of benzene rings is 2. The van der Waals surface area contributed by atoms with Crippen molar-refractivity contribution in [3.05, 3.63) is 57.6 Å². The second-order valence-corrected chi connectivity index (χ2v) is 7.01. The van der Waals surface area contributed by atoms with Gasteiger partial charge in [-0.3, -0.25) is 9.59 Å². The average molecular weight is 377 g/mol. The molecule has 0 unspecified atom stereocenters. The van der Waals surface area contributed by atoms with Gasteiger partial charge in [-0.1, -0.05) is 35.3 Å². The molecule has 1 atom stereocenters. The molecule has 2 aromatic rings. The predicted molar refractivity (Wildman–Crippen MR) is 101 cm³/mol. The number of amides is 2. The van der Waals surface area contributed by atoms with Gasteiger partial charge < -0.3 is 10.2 Å². The van der Waals surface area contributed by atoms with Crippen molar-refractivity contribution in [1.82, 2.24) is 0 Å². The molecule has 6 heteroatoms. The molecule has 0 spiro atoms. The Hall–Kier alpha value is -2.04. The van der Waals surface area contributed by atoms with Crippen molar-refractivity contribution >= 4 is 46.4 Å². The van der Waals surface area contributed by atoms with E-state index in [-0.39, 0.29) is 18.2 Å². The van der Waals surface area contributed by atoms with E-state index in [1.54, 1.807) is 35.2 Å². The molecule has 2 amide bonds. The zero-order chi connectivity index (χ0) is 18.1. The molecule has 2 aromatic carbocycles. The van der Waals surface area contributed by atoms with Gasteiger partial charge in [0.05, 0.1) is 5.92 Å². The van der Waals surface area contributed by atoms with Gasteiger partial charge in [-0.2, -0.15) is 0 Å². The molecule has 25 heavy (non-hydrogen) atoms. The second-order valence-electron chi connectivity index (χ2n) is 6.19. The van der Waals surface area contributed by atoms with Crippen molar-refractivity contribution < 1.29 is 9.59 Å². The standard InChI is InChI=1S/C19H18Cl2N2O2/c1-11-14(20)5-3-7-16(11)22-19(25)13-9-18(24)23(10-13)17-8-4-6-15(21)12(17)2/h3-8,13H,9-10H2,1-2H3,(H,22,25)/t13-/m1/s1. The summed E-state index contributed by atoms with van der Waals surface area (Å²) in [7, 11) is 0. The first kappa shape index (κ1) is 17.8. The Bertz CT molecular complexity index is 851. The van der Waals surface area contributed by atoms with E-state index in [0.717, 1.165) is 16.8 Å². The van der Waals surface area contributed by atoms with E-state index in [1.165, 1.54) is 0 Å². The van der Waals surface area contributed by atoms with Crippen LogP contribution in [-0.2, 0) is 9.59 Å². The SMILES string of the molecule is Cc1c(Cl)cccc1NC(=O)[C@@H]1CC(=O)N(c2cccc(Cl)c2C)C1. The Morgan fingerprint density at radius 3 is 2.44 bits per heavy atom. The zero-order valence-corrected chi connectivity index (χ0v) is 15.5.